The van der Waals surface area contributed by atoms with Crippen LogP contribution in [0.5, 0.6) is 0 Å². The molecule has 1 aliphatic rings. The van der Waals surface area contributed by atoms with Crippen molar-refractivity contribution in [1.29, 1.82) is 0 Å². The van der Waals surface area contributed by atoms with Crippen LogP contribution in [0, 0.1) is 0 Å². The lowest BCUT2D eigenvalue weighted by Crippen LogP contribution is -1.91. The highest BCUT2D eigenvalue weighted by Crippen LogP contribution is 2.26. The molecule has 0 unspecified atom stereocenters. The lowest BCUT2D eigenvalue weighted by atomic mass is 10.6. The van der Waals surface area contributed by atoms with Crippen molar-refractivity contribution < 1.29 is 0 Å². The molecule has 0 atom stereocenters. The predicted molar refractivity (Wildman–Crippen MR) is 46.9 cm³/mol. The van der Waals surface area contributed by atoms with Crippen molar-refractivity contribution in [1.82, 2.24) is 0 Å². The minimum atomic E-state index is 1.34. The second-order valence-corrected chi connectivity index (χ2v) is 5.54. The van der Waals surface area contributed by atoms with Crippen molar-refractivity contribution in [3.05, 3.63) is 0 Å². The van der Waals surface area contributed by atoms with Gasteiger partial charge in [0, 0.05) is 17.3 Å². The molecule has 1 aliphatic heterocycles. The Morgan fingerprint density at radius 1 is 0.750 bits per heavy atom. The van der Waals surface area contributed by atoms with Gasteiger partial charge >= 0.3 is 0 Å². The fourth-order valence-electron chi connectivity index (χ4n) is 0.533. The van der Waals surface area contributed by atoms with Gasteiger partial charge in [0.15, 0.2) is 0 Å². The maximum Gasteiger partial charge on any atom is 0.0128 e. The number of hydrogen-bond donors (Lipinski definition) is 0. The molecule has 0 aromatic heterocycles. The van der Waals surface area contributed by atoms with Gasteiger partial charge in [0.25, 0.3) is 0 Å². The van der Waals surface area contributed by atoms with Crippen molar-refractivity contribution in [3.63, 3.8) is 0 Å². The highest BCUT2D eigenvalue weighted by molar-refractivity contribution is 8.76. The van der Waals surface area contributed by atoms with E-state index in [1.165, 1.54) is 29.4 Å². The maximum atomic E-state index is 2.09. The van der Waals surface area contributed by atoms with Gasteiger partial charge in [-0.1, -0.05) is 21.6 Å². The van der Waals surface area contributed by atoms with Crippen molar-refractivity contribution in [3.8, 4) is 0 Å². The minimum absolute atomic E-state index is 1.34. The Kier molecular flexibility index (Phi) is 4.37. The summed E-state index contributed by atoms with van der Waals surface area (Å²) in [5.41, 5.74) is 0. The van der Waals surface area contributed by atoms with E-state index in [0.717, 1.165) is 0 Å². The third-order valence-electron chi connectivity index (χ3n) is 0.911. The van der Waals surface area contributed by atoms with Gasteiger partial charge in [-0.15, -0.1) is 0 Å². The van der Waals surface area contributed by atoms with Crippen LogP contribution in [0.2, 0.25) is 0 Å². The van der Waals surface area contributed by atoms with Crippen LogP contribution in [-0.4, -0.2) is 23.0 Å². The summed E-state index contributed by atoms with van der Waals surface area (Å²) in [6.45, 7) is 0. The quantitative estimate of drug-likeness (QED) is 0.508. The molecule has 0 aromatic carbocycles. The van der Waals surface area contributed by atoms with Crippen molar-refractivity contribution >= 4 is 33.3 Å². The zero-order valence-electron chi connectivity index (χ0n) is 4.76. The summed E-state index contributed by atoms with van der Waals surface area (Å²) in [5.74, 6) is 5.44. The van der Waals surface area contributed by atoms with Crippen LogP contribution >= 0.6 is 33.3 Å². The third kappa shape index (κ3) is 3.15. The van der Waals surface area contributed by atoms with E-state index in [0.29, 0.717) is 0 Å². The molecule has 0 N–H and O–H groups in total. The molecule has 0 radical (unpaired) electrons. The van der Waals surface area contributed by atoms with E-state index in [1.54, 1.807) is 0 Å². The Morgan fingerprint density at radius 3 is 2.62 bits per heavy atom. The summed E-state index contributed by atoms with van der Waals surface area (Å²) in [4.78, 5) is 0. The number of rotatable bonds is 0. The van der Waals surface area contributed by atoms with E-state index in [-0.39, 0.29) is 0 Å². The second kappa shape index (κ2) is 4.89. The van der Waals surface area contributed by atoms with Crippen molar-refractivity contribution in [2.24, 2.45) is 0 Å². The van der Waals surface area contributed by atoms with Crippen LogP contribution in [0.4, 0.5) is 0 Å². The Bertz CT molecular complexity index is 31.6. The van der Waals surface area contributed by atoms with Gasteiger partial charge < -0.3 is 0 Å². The SMILES string of the molecule is C1CSCCSSC1. The summed E-state index contributed by atoms with van der Waals surface area (Å²) >= 11 is 2.09. The highest BCUT2D eigenvalue weighted by Gasteiger charge is 1.96. The first-order chi connectivity index (χ1) is 4.00. The Labute approximate surface area is 63.0 Å². The molecule has 0 saturated carbocycles. The summed E-state index contributed by atoms with van der Waals surface area (Å²) < 4.78 is 0. The summed E-state index contributed by atoms with van der Waals surface area (Å²) in [6.07, 6.45) is 1.41. The molecule has 1 rings (SSSR count). The topological polar surface area (TPSA) is 0 Å². The van der Waals surface area contributed by atoms with E-state index in [4.69, 9.17) is 0 Å². The molecule has 1 fully saturated rings. The zero-order chi connectivity index (χ0) is 5.66. The highest BCUT2D eigenvalue weighted by atomic mass is 33.1. The normalized spacial score (nSPS) is 24.0. The average Bonchev–Trinajstić information content (AvgIpc) is 1.62. The van der Waals surface area contributed by atoms with Gasteiger partial charge in [0.2, 0.25) is 0 Å². The first-order valence-electron chi connectivity index (χ1n) is 2.82. The molecule has 3 heteroatoms. The molecule has 0 nitrogen and oxygen atoms in total. The Morgan fingerprint density at radius 2 is 1.62 bits per heavy atom. The first-order valence-corrected chi connectivity index (χ1v) is 6.46. The zero-order valence-corrected chi connectivity index (χ0v) is 7.21. The van der Waals surface area contributed by atoms with E-state index in [9.17, 15) is 0 Å². The number of hydrogen-bond acceptors (Lipinski definition) is 3. The van der Waals surface area contributed by atoms with Gasteiger partial charge in [-0.25, -0.2) is 0 Å². The van der Waals surface area contributed by atoms with Gasteiger partial charge in [0.05, 0.1) is 0 Å². The van der Waals surface area contributed by atoms with Gasteiger partial charge in [-0.3, -0.25) is 0 Å². The largest absolute Gasteiger partial charge is 0.161 e. The van der Waals surface area contributed by atoms with Crippen LogP contribution in [0.25, 0.3) is 0 Å². The summed E-state index contributed by atoms with van der Waals surface area (Å²) in [5, 5.41) is 0. The molecular formula is C5H10S3. The second-order valence-electron chi connectivity index (χ2n) is 1.61. The van der Waals surface area contributed by atoms with Gasteiger partial charge in [-0.2, -0.15) is 11.8 Å². The van der Waals surface area contributed by atoms with Crippen LogP contribution in [0.1, 0.15) is 6.42 Å². The van der Waals surface area contributed by atoms with E-state index in [2.05, 4.69) is 11.8 Å². The number of thioether (sulfide) groups is 1. The van der Waals surface area contributed by atoms with Crippen LogP contribution in [-0.2, 0) is 0 Å². The maximum absolute atomic E-state index is 2.09. The Balaban J connectivity index is 2.00. The van der Waals surface area contributed by atoms with Crippen LogP contribution < -0.4 is 0 Å². The predicted octanol–water partition coefficient (Wildman–Crippen LogP) is 2.50. The lowest BCUT2D eigenvalue weighted by Gasteiger charge is -2.05. The fraction of sp³-hybridized carbons (Fsp3) is 1.00. The van der Waals surface area contributed by atoms with Gasteiger partial charge in [0.1, 0.15) is 0 Å². The molecule has 0 spiro atoms. The molecule has 0 aromatic rings. The van der Waals surface area contributed by atoms with E-state index in [1.807, 2.05) is 21.6 Å². The van der Waals surface area contributed by atoms with E-state index >= 15 is 0 Å². The fourth-order valence-corrected chi connectivity index (χ4v) is 4.18. The monoisotopic (exact) mass is 166 g/mol. The molecule has 0 bridgehead atoms. The van der Waals surface area contributed by atoms with Crippen LogP contribution in [0.15, 0.2) is 0 Å². The first kappa shape index (κ1) is 7.16. The van der Waals surface area contributed by atoms with Crippen molar-refractivity contribution in [2.45, 2.75) is 6.42 Å². The Hall–Kier alpha value is 1.05. The molecule has 1 saturated heterocycles. The molecule has 1 heterocycles. The molecule has 0 aliphatic carbocycles. The molecular weight excluding hydrogens is 156 g/mol. The van der Waals surface area contributed by atoms with Crippen molar-refractivity contribution in [2.75, 3.05) is 23.0 Å². The molecule has 48 valence electrons. The average molecular weight is 166 g/mol. The van der Waals surface area contributed by atoms with Gasteiger partial charge in [-0.05, 0) is 12.2 Å². The lowest BCUT2D eigenvalue weighted by molar-refractivity contribution is 1.13. The smallest absolute Gasteiger partial charge is 0.0128 e. The summed E-state index contributed by atoms with van der Waals surface area (Å²) in [7, 11) is 4.06. The van der Waals surface area contributed by atoms with E-state index < -0.39 is 0 Å². The standard InChI is InChI=1S/C5H10S3/c1-2-6-4-5-8-7-3-1/h1-5H2. The molecule has 8 heavy (non-hydrogen) atoms. The molecule has 0 amide bonds. The third-order valence-corrected chi connectivity index (χ3v) is 4.73. The summed E-state index contributed by atoms with van der Waals surface area (Å²) in [6, 6.07) is 0. The minimum Gasteiger partial charge on any atom is -0.161 e. The van der Waals surface area contributed by atoms with Crippen LogP contribution in [0.3, 0.4) is 0 Å².